The molecule has 0 saturated carbocycles. The molecule has 2 rings (SSSR count). The van der Waals surface area contributed by atoms with Crippen LogP contribution < -0.4 is 10.6 Å². The van der Waals surface area contributed by atoms with E-state index < -0.39 is 0 Å². The van der Waals surface area contributed by atoms with E-state index in [0.717, 1.165) is 56.4 Å². The maximum Gasteiger partial charge on any atom is 0.191 e. The molecule has 7 nitrogen and oxygen atoms in total. The standard InChI is InChI=1S/C15H25N7S.HI/c1-4-13-21-19-11-22(13)9-8-18-15(16-3)17-7-6-12-10-23-14(5-2)20-12;/h10-11H,4-9H2,1-3H3,(H2,16,17,18);1H. The molecule has 9 heteroatoms. The largest absolute Gasteiger partial charge is 0.356 e. The van der Waals surface area contributed by atoms with Crippen LogP contribution in [0, 0.1) is 0 Å². The summed E-state index contributed by atoms with van der Waals surface area (Å²) in [6.45, 7) is 6.63. The van der Waals surface area contributed by atoms with Gasteiger partial charge in [-0.1, -0.05) is 13.8 Å². The first kappa shape index (κ1) is 20.8. The Morgan fingerprint density at radius 1 is 1.25 bits per heavy atom. The molecule has 0 spiro atoms. The Bertz CT molecular complexity index is 623. The van der Waals surface area contributed by atoms with E-state index in [4.69, 9.17) is 0 Å². The lowest BCUT2D eigenvalue weighted by molar-refractivity contribution is 0.632. The van der Waals surface area contributed by atoms with Crippen LogP contribution in [0.15, 0.2) is 16.7 Å². The van der Waals surface area contributed by atoms with Gasteiger partial charge in [0.25, 0.3) is 0 Å². The monoisotopic (exact) mass is 463 g/mol. The zero-order chi connectivity index (χ0) is 16.5. The number of nitrogens with one attached hydrogen (secondary N) is 2. The van der Waals surface area contributed by atoms with Gasteiger partial charge >= 0.3 is 0 Å². The average Bonchev–Trinajstić information content (AvgIpc) is 3.22. The molecule has 0 aliphatic heterocycles. The number of nitrogens with zero attached hydrogens (tertiary/aromatic N) is 5. The van der Waals surface area contributed by atoms with Crippen LogP contribution in [-0.4, -0.2) is 45.8 Å². The summed E-state index contributed by atoms with van der Waals surface area (Å²) < 4.78 is 2.06. The maximum atomic E-state index is 4.57. The predicted molar refractivity (Wildman–Crippen MR) is 109 cm³/mol. The Balaban J connectivity index is 0.00000288. The van der Waals surface area contributed by atoms with Crippen molar-refractivity contribution in [3.8, 4) is 0 Å². The van der Waals surface area contributed by atoms with E-state index in [-0.39, 0.29) is 24.0 Å². The molecule has 24 heavy (non-hydrogen) atoms. The van der Waals surface area contributed by atoms with E-state index in [1.165, 1.54) is 5.01 Å². The maximum absolute atomic E-state index is 4.57. The van der Waals surface area contributed by atoms with Crippen LogP contribution in [0.5, 0.6) is 0 Å². The Labute approximate surface area is 164 Å². The van der Waals surface area contributed by atoms with E-state index in [0.29, 0.717) is 0 Å². The fourth-order valence-corrected chi connectivity index (χ4v) is 2.97. The average molecular weight is 463 g/mol. The lowest BCUT2D eigenvalue weighted by atomic mass is 10.3. The molecular formula is C15H26IN7S. The van der Waals surface area contributed by atoms with Crippen molar-refractivity contribution in [2.75, 3.05) is 20.1 Å². The molecule has 0 fully saturated rings. The normalized spacial score (nSPS) is 11.2. The van der Waals surface area contributed by atoms with E-state index in [2.05, 4.69) is 54.6 Å². The van der Waals surface area contributed by atoms with Crippen molar-refractivity contribution < 1.29 is 0 Å². The highest BCUT2D eigenvalue weighted by Crippen LogP contribution is 2.10. The molecule has 0 amide bonds. The third kappa shape index (κ3) is 6.34. The summed E-state index contributed by atoms with van der Waals surface area (Å²) in [5.41, 5.74) is 1.15. The number of aromatic nitrogens is 4. The predicted octanol–water partition coefficient (Wildman–Crippen LogP) is 1.89. The van der Waals surface area contributed by atoms with Gasteiger partial charge in [-0.05, 0) is 6.42 Å². The summed E-state index contributed by atoms with van der Waals surface area (Å²) in [5.74, 6) is 1.81. The second kappa shape index (κ2) is 11.3. The van der Waals surface area contributed by atoms with Crippen molar-refractivity contribution in [3.63, 3.8) is 0 Å². The summed E-state index contributed by atoms with van der Waals surface area (Å²) >= 11 is 1.73. The van der Waals surface area contributed by atoms with Crippen LogP contribution >= 0.6 is 35.3 Å². The first-order valence-corrected chi connectivity index (χ1v) is 8.89. The van der Waals surface area contributed by atoms with Crippen LogP contribution in [0.4, 0.5) is 0 Å². The second-order valence-corrected chi connectivity index (χ2v) is 6.00. The minimum absolute atomic E-state index is 0. The molecule has 2 aromatic heterocycles. The highest BCUT2D eigenvalue weighted by atomic mass is 127. The Morgan fingerprint density at radius 3 is 2.71 bits per heavy atom. The SMILES string of the molecule is CCc1nc(CCNC(=NC)NCCn2cnnc2CC)cs1.I. The second-order valence-electron chi connectivity index (χ2n) is 5.06. The molecule has 0 unspecified atom stereocenters. The van der Waals surface area contributed by atoms with Gasteiger partial charge in [0.1, 0.15) is 12.2 Å². The molecule has 0 aliphatic carbocycles. The van der Waals surface area contributed by atoms with Gasteiger partial charge < -0.3 is 15.2 Å². The summed E-state index contributed by atoms with van der Waals surface area (Å²) in [5, 5.41) is 18.0. The van der Waals surface area contributed by atoms with E-state index in [9.17, 15) is 0 Å². The third-order valence-corrected chi connectivity index (χ3v) is 4.50. The van der Waals surface area contributed by atoms with Crippen LogP contribution in [0.1, 0.15) is 30.4 Å². The molecule has 2 heterocycles. The van der Waals surface area contributed by atoms with Gasteiger partial charge in [0.15, 0.2) is 5.96 Å². The van der Waals surface area contributed by atoms with Gasteiger partial charge in [0.2, 0.25) is 0 Å². The number of hydrogen-bond acceptors (Lipinski definition) is 5. The molecule has 0 saturated heterocycles. The molecule has 0 radical (unpaired) electrons. The van der Waals surface area contributed by atoms with Gasteiger partial charge in [0.05, 0.1) is 10.7 Å². The van der Waals surface area contributed by atoms with Crippen molar-refractivity contribution in [1.29, 1.82) is 0 Å². The number of aryl methyl sites for hydroxylation is 2. The number of halogens is 1. The van der Waals surface area contributed by atoms with Crippen LogP contribution in [-0.2, 0) is 25.8 Å². The Kier molecular flexibility index (Phi) is 9.84. The lowest BCUT2D eigenvalue weighted by Crippen LogP contribution is -2.39. The topological polar surface area (TPSA) is 80.0 Å². The van der Waals surface area contributed by atoms with Crippen LogP contribution in [0.3, 0.4) is 0 Å². The molecule has 0 bridgehead atoms. The fourth-order valence-electron chi connectivity index (χ4n) is 2.19. The first-order chi connectivity index (χ1) is 11.3. The van der Waals surface area contributed by atoms with Gasteiger partial charge in [-0.3, -0.25) is 4.99 Å². The molecule has 2 aromatic rings. The smallest absolute Gasteiger partial charge is 0.191 e. The van der Waals surface area contributed by atoms with E-state index in [1.807, 2.05) is 0 Å². The third-order valence-electron chi connectivity index (χ3n) is 3.46. The lowest BCUT2D eigenvalue weighted by Gasteiger charge is -2.12. The van der Waals surface area contributed by atoms with Crippen molar-refractivity contribution in [2.45, 2.75) is 39.7 Å². The Hall–Kier alpha value is -1.23. The van der Waals surface area contributed by atoms with Gasteiger partial charge in [0, 0.05) is 44.9 Å². The number of aliphatic imine (C=N–C) groups is 1. The van der Waals surface area contributed by atoms with Crippen molar-refractivity contribution in [3.05, 3.63) is 28.2 Å². The van der Waals surface area contributed by atoms with E-state index in [1.54, 1.807) is 24.7 Å². The number of hydrogen-bond donors (Lipinski definition) is 2. The first-order valence-electron chi connectivity index (χ1n) is 8.01. The fraction of sp³-hybridized carbons (Fsp3) is 0.600. The number of thiazole rings is 1. The molecule has 0 aliphatic rings. The van der Waals surface area contributed by atoms with Crippen molar-refractivity contribution in [1.82, 2.24) is 30.4 Å². The summed E-state index contributed by atoms with van der Waals surface area (Å²) in [6.07, 6.45) is 4.57. The van der Waals surface area contributed by atoms with Crippen molar-refractivity contribution >= 4 is 41.3 Å². The highest BCUT2D eigenvalue weighted by Gasteiger charge is 2.03. The Morgan fingerprint density at radius 2 is 2.04 bits per heavy atom. The zero-order valence-corrected chi connectivity index (χ0v) is 17.6. The molecule has 0 atom stereocenters. The van der Waals surface area contributed by atoms with Gasteiger partial charge in [-0.2, -0.15) is 0 Å². The summed E-state index contributed by atoms with van der Waals surface area (Å²) in [7, 11) is 1.78. The van der Waals surface area contributed by atoms with Crippen LogP contribution in [0.2, 0.25) is 0 Å². The minimum atomic E-state index is 0. The molecular weight excluding hydrogens is 437 g/mol. The molecule has 0 aromatic carbocycles. The zero-order valence-electron chi connectivity index (χ0n) is 14.4. The summed E-state index contributed by atoms with van der Waals surface area (Å²) in [6, 6.07) is 0. The minimum Gasteiger partial charge on any atom is -0.356 e. The van der Waals surface area contributed by atoms with Crippen LogP contribution in [0.25, 0.3) is 0 Å². The molecule has 134 valence electrons. The highest BCUT2D eigenvalue weighted by molar-refractivity contribution is 14.0. The number of rotatable bonds is 8. The van der Waals surface area contributed by atoms with E-state index >= 15 is 0 Å². The number of guanidine groups is 1. The van der Waals surface area contributed by atoms with Crippen molar-refractivity contribution in [2.24, 2.45) is 4.99 Å². The van der Waals surface area contributed by atoms with Gasteiger partial charge in [-0.15, -0.1) is 45.5 Å². The molecule has 2 N–H and O–H groups in total. The summed E-state index contributed by atoms with van der Waals surface area (Å²) in [4.78, 5) is 8.81. The van der Waals surface area contributed by atoms with Gasteiger partial charge in [-0.25, -0.2) is 4.98 Å². The quantitative estimate of drug-likeness (QED) is 0.355.